The van der Waals surface area contributed by atoms with Crippen LogP contribution in [0.4, 0.5) is 0 Å². The zero-order valence-corrected chi connectivity index (χ0v) is 8.68. The summed E-state index contributed by atoms with van der Waals surface area (Å²) in [4.78, 5) is 2.12. The van der Waals surface area contributed by atoms with Crippen LogP contribution < -0.4 is 0 Å². The van der Waals surface area contributed by atoms with Gasteiger partial charge in [-0.3, -0.25) is 0 Å². The van der Waals surface area contributed by atoms with Crippen molar-refractivity contribution in [2.24, 2.45) is 11.8 Å². The molecule has 0 aliphatic heterocycles. The van der Waals surface area contributed by atoms with Gasteiger partial charge in [0.25, 0.3) is 0 Å². The molecule has 0 aromatic heterocycles. The predicted octanol–water partition coefficient (Wildman–Crippen LogP) is 2.74. The summed E-state index contributed by atoms with van der Waals surface area (Å²) in [6.07, 6.45) is 2.23. The van der Waals surface area contributed by atoms with E-state index in [0.717, 1.165) is 0 Å². The van der Waals surface area contributed by atoms with Gasteiger partial charge in [-0.05, 0) is 23.6 Å². The number of rotatable bonds is 3. The van der Waals surface area contributed by atoms with Crippen LogP contribution in [0.15, 0.2) is 11.8 Å². The SMILES string of the molecule is CC(C)C(=CN(C)C)C(C)C. The van der Waals surface area contributed by atoms with Gasteiger partial charge in [0.1, 0.15) is 0 Å². The molecule has 1 heteroatoms. The van der Waals surface area contributed by atoms with Crippen LogP contribution in [-0.2, 0) is 0 Å². The molecule has 0 radical (unpaired) electrons. The van der Waals surface area contributed by atoms with Crippen molar-refractivity contribution in [3.8, 4) is 0 Å². The largest absolute Gasteiger partial charge is 0.384 e. The van der Waals surface area contributed by atoms with E-state index >= 15 is 0 Å². The summed E-state index contributed by atoms with van der Waals surface area (Å²) in [7, 11) is 4.15. The summed E-state index contributed by atoms with van der Waals surface area (Å²) in [5.74, 6) is 1.33. The van der Waals surface area contributed by atoms with Crippen molar-refractivity contribution >= 4 is 0 Å². The molecule has 0 spiro atoms. The lowest BCUT2D eigenvalue weighted by Gasteiger charge is -2.18. The van der Waals surface area contributed by atoms with Gasteiger partial charge in [-0.25, -0.2) is 0 Å². The average molecular weight is 155 g/mol. The summed E-state index contributed by atoms with van der Waals surface area (Å²) in [6.45, 7) is 8.98. The van der Waals surface area contributed by atoms with Crippen LogP contribution in [-0.4, -0.2) is 19.0 Å². The zero-order valence-electron chi connectivity index (χ0n) is 8.68. The Hall–Kier alpha value is -0.460. The molecule has 0 aliphatic carbocycles. The van der Waals surface area contributed by atoms with Crippen LogP contribution in [0, 0.1) is 11.8 Å². The number of hydrogen-bond acceptors (Lipinski definition) is 1. The monoisotopic (exact) mass is 155 g/mol. The first kappa shape index (κ1) is 10.5. The highest BCUT2D eigenvalue weighted by molar-refractivity contribution is 5.06. The average Bonchev–Trinajstić information content (AvgIpc) is 1.81. The standard InChI is InChI=1S/C10H21N/c1-8(2)10(9(3)4)7-11(5)6/h7-9H,1-6H3. The molecule has 0 heterocycles. The lowest BCUT2D eigenvalue weighted by molar-refractivity contribution is 0.520. The van der Waals surface area contributed by atoms with Gasteiger partial charge in [0, 0.05) is 14.1 Å². The van der Waals surface area contributed by atoms with E-state index in [1.807, 2.05) is 0 Å². The number of hydrogen-bond donors (Lipinski definition) is 0. The van der Waals surface area contributed by atoms with E-state index in [0.29, 0.717) is 11.8 Å². The van der Waals surface area contributed by atoms with E-state index in [4.69, 9.17) is 0 Å². The van der Waals surface area contributed by atoms with Crippen molar-refractivity contribution in [2.75, 3.05) is 14.1 Å². The van der Waals surface area contributed by atoms with Gasteiger partial charge in [0.05, 0.1) is 0 Å². The summed E-state index contributed by atoms with van der Waals surface area (Å²) < 4.78 is 0. The highest BCUT2D eigenvalue weighted by Crippen LogP contribution is 2.18. The van der Waals surface area contributed by atoms with Crippen LogP contribution in [0.25, 0.3) is 0 Å². The molecule has 0 aromatic rings. The molecular formula is C10H21N. The van der Waals surface area contributed by atoms with Crippen LogP contribution in [0.2, 0.25) is 0 Å². The van der Waals surface area contributed by atoms with Crippen LogP contribution in [0.3, 0.4) is 0 Å². The van der Waals surface area contributed by atoms with E-state index in [-0.39, 0.29) is 0 Å². The molecule has 0 saturated carbocycles. The summed E-state index contributed by atoms with van der Waals surface area (Å²) in [6, 6.07) is 0. The smallest absolute Gasteiger partial charge is 0.00556 e. The third kappa shape index (κ3) is 4.07. The lowest BCUT2D eigenvalue weighted by atomic mass is 9.93. The van der Waals surface area contributed by atoms with Crippen molar-refractivity contribution in [2.45, 2.75) is 27.7 Å². The van der Waals surface area contributed by atoms with Gasteiger partial charge in [-0.1, -0.05) is 27.7 Å². The fraction of sp³-hybridized carbons (Fsp3) is 0.800. The Kier molecular flexibility index (Phi) is 4.24. The van der Waals surface area contributed by atoms with Crippen molar-refractivity contribution in [3.05, 3.63) is 11.8 Å². The molecule has 11 heavy (non-hydrogen) atoms. The van der Waals surface area contributed by atoms with Crippen LogP contribution >= 0.6 is 0 Å². The van der Waals surface area contributed by atoms with E-state index in [1.54, 1.807) is 0 Å². The van der Waals surface area contributed by atoms with Gasteiger partial charge >= 0.3 is 0 Å². The molecule has 1 nitrogen and oxygen atoms in total. The minimum atomic E-state index is 0.664. The molecule has 0 amide bonds. The Balaban J connectivity index is 4.33. The second-order valence-electron chi connectivity index (χ2n) is 3.90. The van der Waals surface area contributed by atoms with Gasteiger partial charge in [-0.2, -0.15) is 0 Å². The van der Waals surface area contributed by atoms with Gasteiger partial charge < -0.3 is 4.90 Å². The Morgan fingerprint density at radius 2 is 1.36 bits per heavy atom. The van der Waals surface area contributed by atoms with Gasteiger partial charge in [-0.15, -0.1) is 0 Å². The van der Waals surface area contributed by atoms with Gasteiger partial charge in [0.2, 0.25) is 0 Å². The summed E-state index contributed by atoms with van der Waals surface area (Å²) in [5.41, 5.74) is 1.52. The van der Waals surface area contributed by atoms with Gasteiger partial charge in [0.15, 0.2) is 0 Å². The maximum absolute atomic E-state index is 2.25. The second-order valence-corrected chi connectivity index (χ2v) is 3.90. The van der Waals surface area contributed by atoms with Crippen molar-refractivity contribution in [3.63, 3.8) is 0 Å². The maximum atomic E-state index is 2.25. The van der Waals surface area contributed by atoms with Crippen molar-refractivity contribution in [1.29, 1.82) is 0 Å². The molecule has 0 unspecified atom stereocenters. The molecule has 0 fully saturated rings. The Bertz CT molecular complexity index is 122. The Morgan fingerprint density at radius 3 is 1.45 bits per heavy atom. The Labute approximate surface area is 71.1 Å². The summed E-state index contributed by atoms with van der Waals surface area (Å²) in [5, 5.41) is 0. The molecule has 0 atom stereocenters. The third-order valence-electron chi connectivity index (χ3n) is 1.74. The topological polar surface area (TPSA) is 3.24 Å². The zero-order chi connectivity index (χ0) is 9.02. The fourth-order valence-corrected chi connectivity index (χ4v) is 1.26. The molecule has 0 aromatic carbocycles. The van der Waals surface area contributed by atoms with E-state index in [1.165, 1.54) is 5.57 Å². The maximum Gasteiger partial charge on any atom is 0.00556 e. The van der Waals surface area contributed by atoms with E-state index in [9.17, 15) is 0 Å². The quantitative estimate of drug-likeness (QED) is 0.605. The highest BCUT2D eigenvalue weighted by Gasteiger charge is 2.07. The number of allylic oxidation sites excluding steroid dienone is 1. The lowest BCUT2D eigenvalue weighted by Crippen LogP contribution is -2.09. The molecule has 0 saturated heterocycles. The first-order valence-electron chi connectivity index (χ1n) is 4.33. The minimum absolute atomic E-state index is 0.664. The summed E-state index contributed by atoms with van der Waals surface area (Å²) >= 11 is 0. The predicted molar refractivity (Wildman–Crippen MR) is 51.4 cm³/mol. The molecule has 66 valence electrons. The van der Waals surface area contributed by atoms with E-state index < -0.39 is 0 Å². The fourth-order valence-electron chi connectivity index (χ4n) is 1.26. The van der Waals surface area contributed by atoms with Crippen LogP contribution in [0.5, 0.6) is 0 Å². The minimum Gasteiger partial charge on any atom is -0.384 e. The Morgan fingerprint density at radius 1 is 1.00 bits per heavy atom. The van der Waals surface area contributed by atoms with E-state index in [2.05, 4.69) is 52.9 Å². The normalized spacial score (nSPS) is 10.5. The first-order chi connectivity index (χ1) is 4.95. The highest BCUT2D eigenvalue weighted by atomic mass is 15.0. The molecule has 0 rings (SSSR count). The molecule has 0 bridgehead atoms. The van der Waals surface area contributed by atoms with Crippen molar-refractivity contribution < 1.29 is 0 Å². The van der Waals surface area contributed by atoms with Crippen molar-refractivity contribution in [1.82, 2.24) is 4.90 Å². The number of nitrogens with zero attached hydrogens (tertiary/aromatic N) is 1. The first-order valence-corrected chi connectivity index (χ1v) is 4.33. The third-order valence-corrected chi connectivity index (χ3v) is 1.74. The molecular weight excluding hydrogens is 134 g/mol. The molecule has 0 N–H and O–H groups in total. The second kappa shape index (κ2) is 4.42. The van der Waals surface area contributed by atoms with Crippen LogP contribution in [0.1, 0.15) is 27.7 Å². The molecule has 0 aliphatic rings.